The normalized spacial score (nSPS) is 17.5. The minimum absolute atomic E-state index is 0.159. The number of nitrogens with zero attached hydrogens (tertiary/aromatic N) is 6. The van der Waals surface area contributed by atoms with E-state index in [1.54, 1.807) is 23.4 Å². The molecule has 0 N–H and O–H groups in total. The number of aromatic nitrogens is 2. The molecule has 0 radical (unpaired) electrons. The fraction of sp³-hybridized carbons (Fsp3) is 0.368. The summed E-state index contributed by atoms with van der Waals surface area (Å²) < 4.78 is 0. The number of piperazine rings is 1. The van der Waals surface area contributed by atoms with E-state index in [-0.39, 0.29) is 5.91 Å². The largest absolute Gasteiger partial charge is 0.368 e. The van der Waals surface area contributed by atoms with Gasteiger partial charge in [0.1, 0.15) is 17.7 Å². The molecule has 0 aliphatic carbocycles. The molecule has 7 nitrogen and oxygen atoms in total. The van der Waals surface area contributed by atoms with Crippen LogP contribution in [0.25, 0.3) is 0 Å². The number of hydrogen-bond donors (Lipinski definition) is 0. The molecule has 2 aromatic rings. The Bertz CT molecular complexity index is 836. The standard InChI is InChI=1S/C19H20N6O/c20-13-15-3-4-17(22-14-15)24-10-8-23(9-11-24)16-5-6-21-18(12-16)25-7-1-2-19(25)26/h3-6,12,14H,1-2,7-11H2. The molecule has 4 heterocycles. The summed E-state index contributed by atoms with van der Waals surface area (Å²) in [5, 5.41) is 8.88. The molecule has 0 spiro atoms. The van der Waals surface area contributed by atoms with E-state index in [1.165, 1.54) is 0 Å². The maximum atomic E-state index is 11.9. The van der Waals surface area contributed by atoms with Crippen molar-refractivity contribution in [2.75, 3.05) is 47.4 Å². The van der Waals surface area contributed by atoms with Crippen LogP contribution in [0, 0.1) is 11.3 Å². The second-order valence-corrected chi connectivity index (χ2v) is 6.51. The average molecular weight is 348 g/mol. The van der Waals surface area contributed by atoms with Crippen molar-refractivity contribution >= 4 is 23.2 Å². The smallest absolute Gasteiger partial charge is 0.228 e. The Hall–Kier alpha value is -3.14. The van der Waals surface area contributed by atoms with E-state index in [0.29, 0.717) is 12.0 Å². The number of carbonyl (C=O) groups excluding carboxylic acids is 1. The summed E-state index contributed by atoms with van der Waals surface area (Å²) in [5.41, 5.74) is 1.68. The lowest BCUT2D eigenvalue weighted by atomic mass is 10.2. The van der Waals surface area contributed by atoms with E-state index < -0.39 is 0 Å². The molecule has 2 saturated heterocycles. The van der Waals surface area contributed by atoms with E-state index >= 15 is 0 Å². The first kappa shape index (κ1) is 16.3. The van der Waals surface area contributed by atoms with Gasteiger partial charge in [-0.15, -0.1) is 0 Å². The summed E-state index contributed by atoms with van der Waals surface area (Å²) >= 11 is 0. The Morgan fingerprint density at radius 1 is 0.962 bits per heavy atom. The summed E-state index contributed by atoms with van der Waals surface area (Å²) in [6.07, 6.45) is 4.91. The van der Waals surface area contributed by atoms with Crippen LogP contribution in [-0.4, -0.2) is 48.6 Å². The number of carbonyl (C=O) groups is 1. The number of rotatable bonds is 3. The van der Waals surface area contributed by atoms with Gasteiger partial charge in [0.15, 0.2) is 0 Å². The van der Waals surface area contributed by atoms with Gasteiger partial charge in [-0.3, -0.25) is 9.69 Å². The highest BCUT2D eigenvalue weighted by molar-refractivity contribution is 5.94. The van der Waals surface area contributed by atoms with Crippen molar-refractivity contribution in [2.24, 2.45) is 0 Å². The third kappa shape index (κ3) is 3.18. The van der Waals surface area contributed by atoms with Crippen LogP contribution in [0.15, 0.2) is 36.7 Å². The van der Waals surface area contributed by atoms with Gasteiger partial charge in [0.25, 0.3) is 0 Å². The second-order valence-electron chi connectivity index (χ2n) is 6.51. The highest BCUT2D eigenvalue weighted by Crippen LogP contribution is 2.25. The summed E-state index contributed by atoms with van der Waals surface area (Å²) in [6, 6.07) is 9.81. The lowest BCUT2D eigenvalue weighted by Crippen LogP contribution is -2.46. The maximum Gasteiger partial charge on any atom is 0.228 e. The summed E-state index contributed by atoms with van der Waals surface area (Å²) in [7, 11) is 0. The molecule has 2 aromatic heterocycles. The first-order valence-electron chi connectivity index (χ1n) is 8.87. The van der Waals surface area contributed by atoms with Crippen LogP contribution in [0.3, 0.4) is 0 Å². The summed E-state index contributed by atoms with van der Waals surface area (Å²) in [5.74, 6) is 1.81. The maximum absolute atomic E-state index is 11.9. The Labute approximate surface area is 152 Å². The Morgan fingerprint density at radius 3 is 2.42 bits per heavy atom. The molecular weight excluding hydrogens is 328 g/mol. The quantitative estimate of drug-likeness (QED) is 0.842. The van der Waals surface area contributed by atoms with Crippen molar-refractivity contribution in [1.82, 2.24) is 9.97 Å². The zero-order valence-corrected chi connectivity index (χ0v) is 14.5. The molecule has 0 atom stereocenters. The Kier molecular flexibility index (Phi) is 4.40. The highest BCUT2D eigenvalue weighted by atomic mass is 16.2. The van der Waals surface area contributed by atoms with E-state index in [4.69, 9.17) is 5.26 Å². The minimum Gasteiger partial charge on any atom is -0.368 e. The predicted octanol–water partition coefficient (Wildman–Crippen LogP) is 1.80. The zero-order chi connectivity index (χ0) is 17.9. The van der Waals surface area contributed by atoms with E-state index in [2.05, 4.69) is 25.8 Å². The van der Waals surface area contributed by atoms with Gasteiger partial charge in [0.05, 0.1) is 5.56 Å². The van der Waals surface area contributed by atoms with Crippen LogP contribution in [0.4, 0.5) is 17.3 Å². The van der Waals surface area contributed by atoms with E-state index in [0.717, 1.165) is 56.5 Å². The first-order chi connectivity index (χ1) is 12.7. The molecule has 0 bridgehead atoms. The van der Waals surface area contributed by atoms with Gasteiger partial charge in [-0.25, -0.2) is 9.97 Å². The van der Waals surface area contributed by atoms with Crippen LogP contribution in [0.5, 0.6) is 0 Å². The summed E-state index contributed by atoms with van der Waals surface area (Å²) in [4.78, 5) is 27.0. The molecule has 26 heavy (non-hydrogen) atoms. The van der Waals surface area contributed by atoms with Gasteiger partial charge < -0.3 is 9.80 Å². The molecule has 7 heteroatoms. The van der Waals surface area contributed by atoms with E-state index in [9.17, 15) is 4.79 Å². The van der Waals surface area contributed by atoms with Crippen molar-refractivity contribution in [3.8, 4) is 6.07 Å². The molecule has 132 valence electrons. The van der Waals surface area contributed by atoms with Crippen molar-refractivity contribution < 1.29 is 4.79 Å². The monoisotopic (exact) mass is 348 g/mol. The van der Waals surface area contributed by atoms with Crippen LogP contribution in [0.2, 0.25) is 0 Å². The van der Waals surface area contributed by atoms with Crippen molar-refractivity contribution in [1.29, 1.82) is 5.26 Å². The molecule has 0 aromatic carbocycles. The zero-order valence-electron chi connectivity index (χ0n) is 14.5. The minimum atomic E-state index is 0.159. The Morgan fingerprint density at radius 2 is 1.77 bits per heavy atom. The number of amides is 1. The molecule has 0 saturated carbocycles. The molecule has 2 aliphatic heterocycles. The molecule has 2 fully saturated rings. The number of pyridine rings is 2. The third-order valence-electron chi connectivity index (χ3n) is 4.92. The summed E-state index contributed by atoms with van der Waals surface area (Å²) in [6.45, 7) is 4.23. The molecule has 1 amide bonds. The van der Waals surface area contributed by atoms with Gasteiger partial charge in [-0.2, -0.15) is 5.26 Å². The Balaban J connectivity index is 1.43. The SMILES string of the molecule is N#Cc1ccc(N2CCN(c3ccnc(N4CCCC4=O)c3)CC2)nc1. The highest BCUT2D eigenvalue weighted by Gasteiger charge is 2.24. The first-order valence-corrected chi connectivity index (χ1v) is 8.87. The lowest BCUT2D eigenvalue weighted by molar-refractivity contribution is -0.117. The van der Waals surface area contributed by atoms with E-state index in [1.807, 2.05) is 18.2 Å². The van der Waals surface area contributed by atoms with Gasteiger partial charge in [0, 0.05) is 63.3 Å². The molecular formula is C19H20N6O. The number of anilines is 3. The lowest BCUT2D eigenvalue weighted by Gasteiger charge is -2.37. The van der Waals surface area contributed by atoms with Gasteiger partial charge in [-0.1, -0.05) is 0 Å². The fourth-order valence-electron chi connectivity index (χ4n) is 3.48. The third-order valence-corrected chi connectivity index (χ3v) is 4.92. The van der Waals surface area contributed by atoms with Crippen LogP contribution >= 0.6 is 0 Å². The number of hydrogen-bond acceptors (Lipinski definition) is 6. The van der Waals surface area contributed by atoms with Crippen molar-refractivity contribution in [3.05, 3.63) is 42.2 Å². The van der Waals surface area contributed by atoms with Gasteiger partial charge in [-0.05, 0) is 24.6 Å². The fourth-order valence-corrected chi connectivity index (χ4v) is 3.48. The van der Waals surface area contributed by atoms with Crippen LogP contribution in [-0.2, 0) is 4.79 Å². The molecule has 4 rings (SSSR count). The van der Waals surface area contributed by atoms with Crippen molar-refractivity contribution in [2.45, 2.75) is 12.8 Å². The number of nitriles is 1. The average Bonchev–Trinajstić information content (AvgIpc) is 3.14. The van der Waals surface area contributed by atoms with Gasteiger partial charge >= 0.3 is 0 Å². The second kappa shape index (κ2) is 7.00. The van der Waals surface area contributed by atoms with Crippen molar-refractivity contribution in [3.63, 3.8) is 0 Å². The van der Waals surface area contributed by atoms with Gasteiger partial charge in [0.2, 0.25) is 5.91 Å². The predicted molar refractivity (Wildman–Crippen MR) is 99.2 cm³/mol. The van der Waals surface area contributed by atoms with Crippen LogP contribution in [0.1, 0.15) is 18.4 Å². The topological polar surface area (TPSA) is 76.4 Å². The molecule has 2 aliphatic rings. The molecule has 0 unspecified atom stereocenters. The van der Waals surface area contributed by atoms with Crippen LogP contribution < -0.4 is 14.7 Å².